The molecule has 0 aromatic heterocycles. The fourth-order valence-corrected chi connectivity index (χ4v) is 2.61. The van der Waals surface area contributed by atoms with Crippen LogP contribution in [0.25, 0.3) is 0 Å². The third-order valence-corrected chi connectivity index (χ3v) is 3.16. The lowest BCUT2D eigenvalue weighted by Gasteiger charge is -2.22. The van der Waals surface area contributed by atoms with Crippen LogP contribution in [0.5, 0.6) is 0 Å². The second kappa shape index (κ2) is 2.21. The smallest absolute Gasteiger partial charge is 0.309 e. The lowest BCUT2D eigenvalue weighted by atomic mass is 9.86. The molecule has 0 spiro atoms. The van der Waals surface area contributed by atoms with Crippen molar-refractivity contribution in [2.24, 2.45) is 17.8 Å². The molecule has 2 saturated carbocycles. The predicted molar refractivity (Wildman–Crippen MR) is 38.0 cm³/mol. The molecular weight excluding hydrogens is 144 g/mol. The first-order chi connectivity index (χ1) is 5.20. The first kappa shape index (κ1) is 7.10. The van der Waals surface area contributed by atoms with Gasteiger partial charge in [-0.15, -0.1) is 0 Å². The van der Waals surface area contributed by atoms with Crippen LogP contribution in [0.3, 0.4) is 0 Å². The molecule has 2 aliphatic rings. The molecule has 0 unspecified atom stereocenters. The molecule has 0 heterocycles. The van der Waals surface area contributed by atoms with Crippen molar-refractivity contribution in [3.63, 3.8) is 0 Å². The summed E-state index contributed by atoms with van der Waals surface area (Å²) in [7, 11) is 0. The third kappa shape index (κ3) is 0.872. The van der Waals surface area contributed by atoms with E-state index in [9.17, 15) is 9.90 Å². The standard InChI is InChI=1S/C8H12O3/c9-7-5-2-1-4(3-5)6(7)8(10)11/h4-7,9H,1-3H2,(H,10,11)/t4-,5+,6+,7-/m1/s1. The van der Waals surface area contributed by atoms with E-state index in [2.05, 4.69) is 0 Å². The highest BCUT2D eigenvalue weighted by Crippen LogP contribution is 2.48. The van der Waals surface area contributed by atoms with E-state index in [1.54, 1.807) is 0 Å². The SMILES string of the molecule is O=C(O)[C@H]1[C@@H]2CC[C@@H](C2)[C@H]1O. The van der Waals surface area contributed by atoms with Crippen molar-refractivity contribution in [3.05, 3.63) is 0 Å². The Hall–Kier alpha value is -0.570. The molecule has 2 fully saturated rings. The summed E-state index contributed by atoms with van der Waals surface area (Å²) in [6.45, 7) is 0. The zero-order valence-corrected chi connectivity index (χ0v) is 6.23. The number of hydrogen-bond donors (Lipinski definition) is 2. The maximum absolute atomic E-state index is 10.6. The summed E-state index contributed by atoms with van der Waals surface area (Å²) in [5.74, 6) is -0.743. The maximum Gasteiger partial charge on any atom is 0.309 e. The molecule has 0 aromatic carbocycles. The second-order valence-corrected chi connectivity index (χ2v) is 3.69. The fraction of sp³-hybridized carbons (Fsp3) is 0.875. The van der Waals surface area contributed by atoms with Crippen molar-refractivity contribution in [3.8, 4) is 0 Å². The van der Waals surface area contributed by atoms with Crippen molar-refractivity contribution in [1.82, 2.24) is 0 Å². The first-order valence-electron chi connectivity index (χ1n) is 4.11. The van der Waals surface area contributed by atoms with Crippen LogP contribution < -0.4 is 0 Å². The number of aliphatic hydroxyl groups excluding tert-OH is 1. The summed E-state index contributed by atoms with van der Waals surface area (Å²) < 4.78 is 0. The highest BCUT2D eigenvalue weighted by Gasteiger charge is 2.50. The lowest BCUT2D eigenvalue weighted by molar-refractivity contribution is -0.147. The van der Waals surface area contributed by atoms with Gasteiger partial charge in [0.15, 0.2) is 0 Å². The van der Waals surface area contributed by atoms with Crippen LogP contribution in [0.1, 0.15) is 19.3 Å². The molecule has 0 aromatic rings. The first-order valence-corrected chi connectivity index (χ1v) is 4.11. The molecule has 3 heteroatoms. The largest absolute Gasteiger partial charge is 0.481 e. The molecule has 2 aliphatic carbocycles. The van der Waals surface area contributed by atoms with Crippen LogP contribution in [0.15, 0.2) is 0 Å². The van der Waals surface area contributed by atoms with Gasteiger partial charge in [-0.05, 0) is 31.1 Å². The minimum absolute atomic E-state index is 0.257. The Morgan fingerprint density at radius 3 is 2.27 bits per heavy atom. The van der Waals surface area contributed by atoms with Crippen molar-refractivity contribution < 1.29 is 15.0 Å². The number of rotatable bonds is 1. The molecule has 2 bridgehead atoms. The van der Waals surface area contributed by atoms with Crippen LogP contribution in [-0.2, 0) is 4.79 Å². The molecule has 0 saturated heterocycles. The Balaban J connectivity index is 2.17. The van der Waals surface area contributed by atoms with Crippen molar-refractivity contribution in [1.29, 1.82) is 0 Å². The van der Waals surface area contributed by atoms with E-state index in [-0.39, 0.29) is 11.8 Å². The molecule has 11 heavy (non-hydrogen) atoms. The van der Waals surface area contributed by atoms with E-state index in [4.69, 9.17) is 5.11 Å². The molecule has 0 amide bonds. The summed E-state index contributed by atoms with van der Waals surface area (Å²) in [5.41, 5.74) is 0. The van der Waals surface area contributed by atoms with Gasteiger partial charge in [0.25, 0.3) is 0 Å². The van der Waals surface area contributed by atoms with Crippen LogP contribution in [0.2, 0.25) is 0 Å². The molecule has 2 N–H and O–H groups in total. The molecule has 0 radical (unpaired) electrons. The summed E-state index contributed by atoms with van der Waals surface area (Å²) in [5, 5.41) is 18.2. The van der Waals surface area contributed by atoms with Gasteiger partial charge < -0.3 is 10.2 Å². The highest BCUT2D eigenvalue weighted by atomic mass is 16.4. The summed E-state index contributed by atoms with van der Waals surface area (Å²) in [6.07, 6.45) is 2.39. The van der Waals surface area contributed by atoms with E-state index < -0.39 is 18.0 Å². The minimum atomic E-state index is -0.815. The molecule has 4 atom stereocenters. The van der Waals surface area contributed by atoms with Gasteiger partial charge in [-0.25, -0.2) is 0 Å². The van der Waals surface area contributed by atoms with Gasteiger partial charge in [0.05, 0.1) is 12.0 Å². The van der Waals surface area contributed by atoms with E-state index >= 15 is 0 Å². The number of carboxylic acid groups (broad SMARTS) is 1. The fourth-order valence-electron chi connectivity index (χ4n) is 2.61. The second-order valence-electron chi connectivity index (χ2n) is 3.69. The Morgan fingerprint density at radius 1 is 1.27 bits per heavy atom. The van der Waals surface area contributed by atoms with Gasteiger partial charge in [-0.1, -0.05) is 0 Å². The van der Waals surface area contributed by atoms with Gasteiger partial charge >= 0.3 is 5.97 Å². The maximum atomic E-state index is 10.6. The van der Waals surface area contributed by atoms with Gasteiger partial charge in [0.1, 0.15) is 0 Å². The molecular formula is C8H12O3. The van der Waals surface area contributed by atoms with Crippen molar-refractivity contribution in [2.45, 2.75) is 25.4 Å². The summed E-state index contributed by atoms with van der Waals surface area (Å²) in [6, 6.07) is 0. The monoisotopic (exact) mass is 156 g/mol. The Bertz CT molecular complexity index is 188. The zero-order valence-electron chi connectivity index (χ0n) is 6.23. The number of hydrogen-bond acceptors (Lipinski definition) is 2. The van der Waals surface area contributed by atoms with E-state index in [0.717, 1.165) is 19.3 Å². The number of carbonyl (C=O) groups is 1. The van der Waals surface area contributed by atoms with E-state index in [0.29, 0.717) is 0 Å². The molecule has 2 rings (SSSR count). The van der Waals surface area contributed by atoms with Gasteiger partial charge in [0, 0.05) is 0 Å². The molecule has 0 aliphatic heterocycles. The van der Waals surface area contributed by atoms with Gasteiger partial charge in [-0.3, -0.25) is 4.79 Å². The lowest BCUT2D eigenvalue weighted by Crippen LogP contribution is -2.33. The van der Waals surface area contributed by atoms with Crippen molar-refractivity contribution >= 4 is 5.97 Å². The van der Waals surface area contributed by atoms with Crippen LogP contribution in [-0.4, -0.2) is 22.3 Å². The molecule has 3 nitrogen and oxygen atoms in total. The Kier molecular flexibility index (Phi) is 1.42. The number of carboxylic acids is 1. The zero-order chi connectivity index (χ0) is 8.01. The van der Waals surface area contributed by atoms with Gasteiger partial charge in [-0.2, -0.15) is 0 Å². The van der Waals surface area contributed by atoms with Gasteiger partial charge in [0.2, 0.25) is 0 Å². The highest BCUT2D eigenvalue weighted by molar-refractivity contribution is 5.72. The third-order valence-electron chi connectivity index (χ3n) is 3.16. The average molecular weight is 156 g/mol. The normalized spacial score (nSPS) is 48.1. The number of aliphatic carboxylic acids is 1. The molecule has 62 valence electrons. The predicted octanol–water partition coefficient (Wildman–Crippen LogP) is 0.478. The number of fused-ring (bicyclic) bond motifs is 2. The minimum Gasteiger partial charge on any atom is -0.481 e. The Morgan fingerprint density at radius 2 is 1.91 bits per heavy atom. The average Bonchev–Trinajstić information content (AvgIpc) is 2.44. The van der Waals surface area contributed by atoms with Crippen LogP contribution in [0.4, 0.5) is 0 Å². The van der Waals surface area contributed by atoms with Crippen molar-refractivity contribution in [2.75, 3.05) is 0 Å². The summed E-state index contributed by atoms with van der Waals surface area (Å²) in [4.78, 5) is 10.6. The van der Waals surface area contributed by atoms with E-state index in [1.165, 1.54) is 0 Å². The topological polar surface area (TPSA) is 57.5 Å². The van der Waals surface area contributed by atoms with E-state index in [1.807, 2.05) is 0 Å². The summed E-state index contributed by atoms with van der Waals surface area (Å²) >= 11 is 0. The van der Waals surface area contributed by atoms with Crippen LogP contribution in [0, 0.1) is 17.8 Å². The quantitative estimate of drug-likeness (QED) is 0.580. The Labute approximate surface area is 65.0 Å². The number of aliphatic hydroxyl groups is 1. The van der Waals surface area contributed by atoms with Crippen LogP contribution >= 0.6 is 0 Å².